The van der Waals surface area contributed by atoms with Crippen LogP contribution in [0.2, 0.25) is 0 Å². The zero-order chi connectivity index (χ0) is 11.8. The molecule has 0 aliphatic heterocycles. The first-order chi connectivity index (χ1) is 7.74. The van der Waals surface area contributed by atoms with Crippen molar-refractivity contribution in [3.8, 4) is 12.3 Å². The SMILES string of the molecule is C#CCCCNCCc1ccc(F)cc1C. The third kappa shape index (κ3) is 4.46. The Morgan fingerprint density at radius 2 is 2.19 bits per heavy atom. The Labute approximate surface area is 97.1 Å². The van der Waals surface area contributed by atoms with Crippen molar-refractivity contribution in [1.82, 2.24) is 5.32 Å². The van der Waals surface area contributed by atoms with Crippen LogP contribution in [0.4, 0.5) is 4.39 Å². The van der Waals surface area contributed by atoms with E-state index in [-0.39, 0.29) is 5.82 Å². The molecule has 0 spiro atoms. The second kappa shape index (κ2) is 7.03. The molecule has 1 nitrogen and oxygen atoms in total. The van der Waals surface area contributed by atoms with Crippen LogP contribution >= 0.6 is 0 Å². The number of aryl methyl sites for hydroxylation is 1. The van der Waals surface area contributed by atoms with Crippen LogP contribution in [0.25, 0.3) is 0 Å². The maximum atomic E-state index is 12.8. The zero-order valence-electron chi connectivity index (χ0n) is 9.72. The number of halogens is 1. The van der Waals surface area contributed by atoms with Crippen molar-refractivity contribution >= 4 is 0 Å². The highest BCUT2D eigenvalue weighted by Gasteiger charge is 1.99. The molecule has 1 rings (SSSR count). The van der Waals surface area contributed by atoms with Crippen molar-refractivity contribution in [2.75, 3.05) is 13.1 Å². The summed E-state index contributed by atoms with van der Waals surface area (Å²) in [5.41, 5.74) is 2.22. The average Bonchev–Trinajstić information content (AvgIpc) is 2.26. The summed E-state index contributed by atoms with van der Waals surface area (Å²) in [4.78, 5) is 0. The molecule has 0 amide bonds. The monoisotopic (exact) mass is 219 g/mol. The third-order valence-electron chi connectivity index (χ3n) is 2.55. The minimum Gasteiger partial charge on any atom is -0.316 e. The van der Waals surface area contributed by atoms with E-state index in [4.69, 9.17) is 6.42 Å². The lowest BCUT2D eigenvalue weighted by Crippen LogP contribution is -2.18. The molecule has 1 aromatic rings. The summed E-state index contributed by atoms with van der Waals surface area (Å²) >= 11 is 0. The van der Waals surface area contributed by atoms with Gasteiger partial charge in [-0.3, -0.25) is 0 Å². The van der Waals surface area contributed by atoms with Gasteiger partial charge in [-0.1, -0.05) is 6.07 Å². The molecule has 0 fully saturated rings. The van der Waals surface area contributed by atoms with Gasteiger partial charge in [0, 0.05) is 6.42 Å². The number of nitrogens with one attached hydrogen (secondary N) is 1. The van der Waals surface area contributed by atoms with E-state index in [9.17, 15) is 4.39 Å². The van der Waals surface area contributed by atoms with Crippen LogP contribution in [0.3, 0.4) is 0 Å². The van der Waals surface area contributed by atoms with E-state index in [2.05, 4.69) is 11.2 Å². The molecule has 0 unspecified atom stereocenters. The molecular formula is C14H18FN. The maximum Gasteiger partial charge on any atom is 0.123 e. The second-order valence-electron chi connectivity index (χ2n) is 3.88. The predicted molar refractivity (Wildman–Crippen MR) is 65.8 cm³/mol. The number of hydrogen-bond donors (Lipinski definition) is 1. The second-order valence-corrected chi connectivity index (χ2v) is 3.88. The Morgan fingerprint density at radius 1 is 1.38 bits per heavy atom. The van der Waals surface area contributed by atoms with Gasteiger partial charge in [-0.2, -0.15) is 0 Å². The van der Waals surface area contributed by atoms with E-state index in [1.165, 1.54) is 11.6 Å². The van der Waals surface area contributed by atoms with E-state index in [0.29, 0.717) is 0 Å². The van der Waals surface area contributed by atoms with Crippen LogP contribution < -0.4 is 5.32 Å². The normalized spacial score (nSPS) is 10.1. The van der Waals surface area contributed by atoms with Crippen LogP contribution in [0.1, 0.15) is 24.0 Å². The van der Waals surface area contributed by atoms with Crippen molar-refractivity contribution in [2.24, 2.45) is 0 Å². The van der Waals surface area contributed by atoms with Gasteiger partial charge in [-0.05, 0) is 56.1 Å². The Morgan fingerprint density at radius 3 is 2.88 bits per heavy atom. The Kier molecular flexibility index (Phi) is 5.60. The Hall–Kier alpha value is -1.33. The summed E-state index contributed by atoms with van der Waals surface area (Å²) in [7, 11) is 0. The fourth-order valence-corrected chi connectivity index (χ4v) is 1.60. The molecule has 1 aromatic carbocycles. The van der Waals surface area contributed by atoms with E-state index in [0.717, 1.165) is 37.9 Å². The molecule has 0 aromatic heterocycles. The van der Waals surface area contributed by atoms with Gasteiger partial charge < -0.3 is 5.32 Å². The fourth-order valence-electron chi connectivity index (χ4n) is 1.60. The predicted octanol–water partition coefficient (Wildman–Crippen LogP) is 2.68. The molecule has 2 heteroatoms. The highest BCUT2D eigenvalue weighted by molar-refractivity contribution is 5.26. The molecule has 86 valence electrons. The largest absolute Gasteiger partial charge is 0.316 e. The summed E-state index contributed by atoms with van der Waals surface area (Å²) in [5.74, 6) is 2.45. The molecule has 0 saturated heterocycles. The van der Waals surface area contributed by atoms with E-state index in [1.54, 1.807) is 6.07 Å². The number of unbranched alkanes of at least 4 members (excludes halogenated alkanes) is 1. The summed E-state index contributed by atoms with van der Waals surface area (Å²) < 4.78 is 12.8. The first kappa shape index (κ1) is 12.7. The first-order valence-electron chi connectivity index (χ1n) is 5.63. The van der Waals surface area contributed by atoms with Gasteiger partial charge in [0.15, 0.2) is 0 Å². The van der Waals surface area contributed by atoms with Gasteiger partial charge in [0.25, 0.3) is 0 Å². The fraction of sp³-hybridized carbons (Fsp3) is 0.429. The van der Waals surface area contributed by atoms with Crippen LogP contribution in [0.15, 0.2) is 18.2 Å². The van der Waals surface area contributed by atoms with Crippen molar-refractivity contribution < 1.29 is 4.39 Å². The smallest absolute Gasteiger partial charge is 0.123 e. The molecule has 0 atom stereocenters. The summed E-state index contributed by atoms with van der Waals surface area (Å²) in [6.45, 7) is 3.80. The summed E-state index contributed by atoms with van der Waals surface area (Å²) in [6.07, 6.45) is 7.92. The molecule has 0 heterocycles. The van der Waals surface area contributed by atoms with Gasteiger partial charge >= 0.3 is 0 Å². The van der Waals surface area contributed by atoms with E-state index < -0.39 is 0 Å². The average molecular weight is 219 g/mol. The number of rotatable bonds is 6. The molecule has 0 radical (unpaired) electrons. The molecular weight excluding hydrogens is 201 g/mol. The molecule has 16 heavy (non-hydrogen) atoms. The lowest BCUT2D eigenvalue weighted by molar-refractivity contribution is 0.623. The topological polar surface area (TPSA) is 12.0 Å². The summed E-state index contributed by atoms with van der Waals surface area (Å²) in [6, 6.07) is 4.95. The van der Waals surface area contributed by atoms with Crippen LogP contribution in [-0.2, 0) is 6.42 Å². The summed E-state index contributed by atoms with van der Waals surface area (Å²) in [5, 5.41) is 3.32. The highest BCUT2D eigenvalue weighted by Crippen LogP contribution is 2.10. The molecule has 0 saturated carbocycles. The number of benzene rings is 1. The highest BCUT2D eigenvalue weighted by atomic mass is 19.1. The van der Waals surface area contributed by atoms with Crippen LogP contribution in [0, 0.1) is 25.1 Å². The van der Waals surface area contributed by atoms with Gasteiger partial charge in [0.2, 0.25) is 0 Å². The minimum atomic E-state index is -0.164. The first-order valence-corrected chi connectivity index (χ1v) is 5.63. The zero-order valence-corrected chi connectivity index (χ0v) is 9.72. The van der Waals surface area contributed by atoms with E-state index >= 15 is 0 Å². The Balaban J connectivity index is 2.25. The van der Waals surface area contributed by atoms with Crippen molar-refractivity contribution in [3.05, 3.63) is 35.1 Å². The van der Waals surface area contributed by atoms with Crippen molar-refractivity contribution in [1.29, 1.82) is 0 Å². The molecule has 0 aliphatic carbocycles. The van der Waals surface area contributed by atoms with Gasteiger partial charge in [-0.25, -0.2) is 4.39 Å². The lowest BCUT2D eigenvalue weighted by Gasteiger charge is -2.06. The van der Waals surface area contributed by atoms with Crippen molar-refractivity contribution in [2.45, 2.75) is 26.2 Å². The standard InChI is InChI=1S/C14H18FN/c1-3-4-5-9-16-10-8-13-6-7-14(15)11-12(13)2/h1,6-7,11,16H,4-5,8-10H2,2H3. The maximum absolute atomic E-state index is 12.8. The van der Waals surface area contributed by atoms with Crippen LogP contribution in [0.5, 0.6) is 0 Å². The number of terminal acetylenes is 1. The Bertz CT molecular complexity index is 365. The third-order valence-corrected chi connectivity index (χ3v) is 2.55. The molecule has 0 aliphatic rings. The quantitative estimate of drug-likeness (QED) is 0.573. The minimum absolute atomic E-state index is 0.164. The molecule has 0 bridgehead atoms. The van der Waals surface area contributed by atoms with Gasteiger partial charge in [0.05, 0.1) is 0 Å². The van der Waals surface area contributed by atoms with Gasteiger partial charge in [-0.15, -0.1) is 12.3 Å². The van der Waals surface area contributed by atoms with E-state index in [1.807, 2.05) is 13.0 Å². The van der Waals surface area contributed by atoms with Gasteiger partial charge in [0.1, 0.15) is 5.82 Å². The van der Waals surface area contributed by atoms with Crippen LogP contribution in [-0.4, -0.2) is 13.1 Å². The van der Waals surface area contributed by atoms with Crippen molar-refractivity contribution in [3.63, 3.8) is 0 Å². The lowest BCUT2D eigenvalue weighted by atomic mass is 10.1. The molecule has 1 N–H and O–H groups in total. The number of hydrogen-bond acceptors (Lipinski definition) is 1.